The van der Waals surface area contributed by atoms with Gasteiger partial charge < -0.3 is 21.1 Å². The van der Waals surface area contributed by atoms with E-state index < -0.39 is 6.10 Å². The summed E-state index contributed by atoms with van der Waals surface area (Å²) in [4.78, 5) is 24.0. The van der Waals surface area contributed by atoms with E-state index in [1.165, 1.54) is 0 Å². The van der Waals surface area contributed by atoms with Crippen molar-refractivity contribution in [1.29, 1.82) is 0 Å². The van der Waals surface area contributed by atoms with Crippen LogP contribution in [0.4, 0.5) is 5.69 Å². The number of rotatable bonds is 5. The van der Waals surface area contributed by atoms with Gasteiger partial charge in [0.1, 0.15) is 6.10 Å². The number of anilines is 1. The van der Waals surface area contributed by atoms with Crippen molar-refractivity contribution in [3.05, 3.63) is 29.8 Å². The predicted octanol–water partition coefficient (Wildman–Crippen LogP) is 0.914. The lowest BCUT2D eigenvalue weighted by Crippen LogP contribution is -2.31. The summed E-state index contributed by atoms with van der Waals surface area (Å²) in [5, 5.41) is 5.44. The number of carbonyl (C=O) groups excluding carboxylic acids is 2. The Labute approximate surface area is 129 Å². The molecule has 2 amide bonds. The van der Waals surface area contributed by atoms with Gasteiger partial charge in [0.05, 0.1) is 11.3 Å². The van der Waals surface area contributed by atoms with Crippen molar-refractivity contribution >= 4 is 29.9 Å². The summed E-state index contributed by atoms with van der Waals surface area (Å²) < 4.78 is 5.32. The quantitative estimate of drug-likeness (QED) is 0.753. The molecule has 1 aliphatic heterocycles. The van der Waals surface area contributed by atoms with Gasteiger partial charge in [-0.1, -0.05) is 12.1 Å². The number of halogens is 1. The first-order valence-electron chi connectivity index (χ1n) is 6.72. The van der Waals surface area contributed by atoms with E-state index in [-0.39, 0.29) is 24.2 Å². The van der Waals surface area contributed by atoms with Crippen LogP contribution < -0.4 is 16.4 Å². The third-order valence-electron chi connectivity index (χ3n) is 3.08. The molecule has 0 radical (unpaired) electrons. The first kappa shape index (κ1) is 17.4. The van der Waals surface area contributed by atoms with Gasteiger partial charge in [0.25, 0.3) is 11.8 Å². The van der Waals surface area contributed by atoms with Gasteiger partial charge in [-0.2, -0.15) is 0 Å². The fourth-order valence-corrected chi connectivity index (χ4v) is 2.07. The summed E-state index contributed by atoms with van der Waals surface area (Å²) >= 11 is 0. The number of carbonyl (C=O) groups is 2. The van der Waals surface area contributed by atoms with Gasteiger partial charge in [0.2, 0.25) is 0 Å². The Morgan fingerprint density at radius 2 is 2.10 bits per heavy atom. The van der Waals surface area contributed by atoms with Gasteiger partial charge in [0, 0.05) is 19.7 Å². The molecular formula is C14H20ClN3O3. The summed E-state index contributed by atoms with van der Waals surface area (Å²) in [5.74, 6) is -0.458. The largest absolute Gasteiger partial charge is 0.368 e. The highest BCUT2D eigenvalue weighted by atomic mass is 35.5. The Bertz CT molecular complexity index is 490. The Balaban J connectivity index is 0.00000220. The zero-order chi connectivity index (χ0) is 14.4. The minimum absolute atomic E-state index is 0. The van der Waals surface area contributed by atoms with Gasteiger partial charge in [-0.25, -0.2) is 0 Å². The van der Waals surface area contributed by atoms with E-state index in [9.17, 15) is 9.59 Å². The molecule has 0 spiro atoms. The zero-order valence-corrected chi connectivity index (χ0v) is 12.4. The third-order valence-corrected chi connectivity index (χ3v) is 3.08. The second-order valence-electron chi connectivity index (χ2n) is 4.58. The molecule has 2 rings (SSSR count). The smallest absolute Gasteiger partial charge is 0.253 e. The van der Waals surface area contributed by atoms with Crippen LogP contribution >= 0.6 is 12.4 Å². The predicted molar refractivity (Wildman–Crippen MR) is 82.7 cm³/mol. The highest BCUT2D eigenvalue weighted by molar-refractivity contribution is 6.04. The molecule has 116 valence electrons. The van der Waals surface area contributed by atoms with Crippen LogP contribution in [-0.2, 0) is 9.53 Å². The molecule has 1 heterocycles. The minimum atomic E-state index is -0.421. The van der Waals surface area contributed by atoms with Crippen molar-refractivity contribution in [2.45, 2.75) is 18.9 Å². The molecule has 1 aromatic carbocycles. The lowest BCUT2D eigenvalue weighted by atomic mass is 10.1. The van der Waals surface area contributed by atoms with E-state index in [4.69, 9.17) is 10.5 Å². The molecule has 0 aromatic heterocycles. The first-order chi connectivity index (χ1) is 9.72. The van der Waals surface area contributed by atoms with E-state index in [0.29, 0.717) is 37.4 Å². The molecule has 0 aliphatic carbocycles. The summed E-state index contributed by atoms with van der Waals surface area (Å²) in [6.07, 6.45) is 1.18. The van der Waals surface area contributed by atoms with E-state index in [2.05, 4.69) is 10.6 Å². The third kappa shape index (κ3) is 4.70. The molecule has 0 saturated carbocycles. The second-order valence-corrected chi connectivity index (χ2v) is 4.58. The van der Waals surface area contributed by atoms with Crippen LogP contribution in [-0.4, -0.2) is 37.6 Å². The van der Waals surface area contributed by atoms with Crippen molar-refractivity contribution in [3.63, 3.8) is 0 Å². The number of benzene rings is 1. The maximum absolute atomic E-state index is 12.0. The van der Waals surface area contributed by atoms with Crippen LogP contribution in [0.1, 0.15) is 23.2 Å². The number of ether oxygens (including phenoxy) is 1. The molecule has 21 heavy (non-hydrogen) atoms. The average molecular weight is 314 g/mol. The first-order valence-corrected chi connectivity index (χ1v) is 6.72. The van der Waals surface area contributed by atoms with Crippen LogP contribution in [0.5, 0.6) is 0 Å². The van der Waals surface area contributed by atoms with Gasteiger partial charge in [-0.05, 0) is 25.0 Å². The van der Waals surface area contributed by atoms with Gasteiger partial charge >= 0.3 is 0 Å². The van der Waals surface area contributed by atoms with Crippen molar-refractivity contribution in [3.8, 4) is 0 Å². The number of nitrogens with one attached hydrogen (secondary N) is 2. The number of amides is 2. The summed E-state index contributed by atoms with van der Waals surface area (Å²) in [7, 11) is 0. The molecule has 1 saturated heterocycles. The monoisotopic (exact) mass is 313 g/mol. The topological polar surface area (TPSA) is 93.5 Å². The molecule has 6 nitrogen and oxygen atoms in total. The Morgan fingerprint density at radius 1 is 1.33 bits per heavy atom. The lowest BCUT2D eigenvalue weighted by molar-refractivity contribution is -0.124. The van der Waals surface area contributed by atoms with E-state index in [1.54, 1.807) is 24.3 Å². The number of nitrogens with two attached hydrogens (primary N) is 1. The lowest BCUT2D eigenvalue weighted by Gasteiger charge is -2.13. The Hall–Kier alpha value is -1.63. The summed E-state index contributed by atoms with van der Waals surface area (Å²) in [6, 6.07) is 6.88. The highest BCUT2D eigenvalue weighted by Gasteiger charge is 2.24. The van der Waals surface area contributed by atoms with Gasteiger partial charge in [-0.15, -0.1) is 12.4 Å². The standard InChI is InChI=1S/C14H19N3O3.ClH/c15-7-8-16-13(18)10-4-1-2-5-11(10)17-14(19)12-6-3-9-20-12;/h1-2,4-5,12H,3,6-9,15H2,(H,16,18)(H,17,19);1H. The maximum atomic E-state index is 12.0. The SMILES string of the molecule is Cl.NCCNC(=O)c1ccccc1NC(=O)C1CCCO1. The van der Waals surface area contributed by atoms with E-state index >= 15 is 0 Å². The molecule has 0 bridgehead atoms. The van der Waals surface area contributed by atoms with E-state index in [0.717, 1.165) is 6.42 Å². The minimum Gasteiger partial charge on any atom is -0.368 e. The number of hydrogen-bond acceptors (Lipinski definition) is 4. The van der Waals surface area contributed by atoms with Crippen LogP contribution in [0.15, 0.2) is 24.3 Å². The van der Waals surface area contributed by atoms with Crippen LogP contribution in [0, 0.1) is 0 Å². The zero-order valence-electron chi connectivity index (χ0n) is 11.6. The van der Waals surface area contributed by atoms with Crippen LogP contribution in [0.2, 0.25) is 0 Å². The fraction of sp³-hybridized carbons (Fsp3) is 0.429. The maximum Gasteiger partial charge on any atom is 0.253 e. The molecule has 1 aromatic rings. The Kier molecular flexibility index (Phi) is 7.14. The Morgan fingerprint density at radius 3 is 2.76 bits per heavy atom. The highest BCUT2D eigenvalue weighted by Crippen LogP contribution is 2.18. The molecule has 4 N–H and O–H groups in total. The number of para-hydroxylation sites is 1. The van der Waals surface area contributed by atoms with Gasteiger partial charge in [-0.3, -0.25) is 9.59 Å². The second kappa shape index (κ2) is 8.61. The fourth-order valence-electron chi connectivity index (χ4n) is 2.07. The van der Waals surface area contributed by atoms with Gasteiger partial charge in [0.15, 0.2) is 0 Å². The molecular weight excluding hydrogens is 294 g/mol. The molecule has 7 heteroatoms. The van der Waals surface area contributed by atoms with Crippen molar-refractivity contribution in [2.75, 3.05) is 25.0 Å². The summed E-state index contributed by atoms with van der Waals surface area (Å²) in [5.41, 5.74) is 6.27. The van der Waals surface area contributed by atoms with Crippen molar-refractivity contribution in [1.82, 2.24) is 5.32 Å². The molecule has 1 atom stereocenters. The normalized spacial score (nSPS) is 16.9. The van der Waals surface area contributed by atoms with Crippen molar-refractivity contribution < 1.29 is 14.3 Å². The molecule has 1 fully saturated rings. The van der Waals surface area contributed by atoms with E-state index in [1.807, 2.05) is 0 Å². The molecule has 1 unspecified atom stereocenters. The summed E-state index contributed by atoms with van der Waals surface area (Å²) in [6.45, 7) is 1.37. The van der Waals surface area contributed by atoms with Crippen LogP contribution in [0.3, 0.4) is 0 Å². The average Bonchev–Trinajstić information content (AvgIpc) is 2.99. The van der Waals surface area contributed by atoms with Crippen LogP contribution in [0.25, 0.3) is 0 Å². The number of hydrogen-bond donors (Lipinski definition) is 3. The van der Waals surface area contributed by atoms with Crippen molar-refractivity contribution in [2.24, 2.45) is 5.73 Å². The molecule has 1 aliphatic rings.